The first-order chi connectivity index (χ1) is 11.2. The third kappa shape index (κ3) is 3.32. The highest BCUT2D eigenvalue weighted by Crippen LogP contribution is 2.30. The fourth-order valence-electron chi connectivity index (χ4n) is 3.02. The Bertz CT molecular complexity index is 752. The summed E-state index contributed by atoms with van der Waals surface area (Å²) in [7, 11) is -3.99. The molecule has 0 saturated carbocycles. The van der Waals surface area contributed by atoms with Crippen LogP contribution in [0.4, 0.5) is 0 Å². The summed E-state index contributed by atoms with van der Waals surface area (Å²) in [5.41, 5.74) is 0.746. The Kier molecular flexibility index (Phi) is 5.34. The van der Waals surface area contributed by atoms with Crippen LogP contribution in [-0.2, 0) is 19.6 Å². The lowest BCUT2D eigenvalue weighted by Gasteiger charge is -2.30. The highest BCUT2D eigenvalue weighted by molar-refractivity contribution is 7.89. The molecule has 1 saturated heterocycles. The predicted molar refractivity (Wildman–Crippen MR) is 85.3 cm³/mol. The molecule has 0 unspecified atom stereocenters. The first-order valence-corrected chi connectivity index (χ1v) is 9.23. The van der Waals surface area contributed by atoms with E-state index in [1.807, 2.05) is 0 Å². The van der Waals surface area contributed by atoms with Gasteiger partial charge in [-0.15, -0.1) is 0 Å². The number of H-pyrrole nitrogens is 1. The molecule has 24 heavy (non-hydrogen) atoms. The molecule has 8 nitrogen and oxygen atoms in total. The highest BCUT2D eigenvalue weighted by Gasteiger charge is 2.38. The molecule has 1 aliphatic heterocycles. The second-order valence-corrected chi connectivity index (χ2v) is 7.71. The van der Waals surface area contributed by atoms with Crippen molar-refractivity contribution in [1.29, 1.82) is 0 Å². The lowest BCUT2D eigenvalue weighted by atomic mass is 10.0. The van der Waals surface area contributed by atoms with Gasteiger partial charge < -0.3 is 14.8 Å². The molecule has 1 atom stereocenters. The Hall–Kier alpha value is -1.87. The van der Waals surface area contributed by atoms with E-state index in [4.69, 9.17) is 9.84 Å². The van der Waals surface area contributed by atoms with E-state index in [1.165, 1.54) is 0 Å². The average molecular weight is 358 g/mol. The second kappa shape index (κ2) is 6.94. The number of hydrogen-bond donors (Lipinski definition) is 2. The van der Waals surface area contributed by atoms with Crippen molar-refractivity contribution in [3.8, 4) is 0 Å². The SMILES string of the molecule is CCOC(=O)c1c(C)[nH]c(C)c1S(=O)(=O)N1CCC[C@H](C(=O)O)C1. The van der Waals surface area contributed by atoms with Gasteiger partial charge in [0.15, 0.2) is 0 Å². The van der Waals surface area contributed by atoms with Gasteiger partial charge in [0, 0.05) is 24.5 Å². The summed E-state index contributed by atoms with van der Waals surface area (Å²) in [6.45, 7) is 5.09. The van der Waals surface area contributed by atoms with Gasteiger partial charge in [-0.1, -0.05) is 0 Å². The second-order valence-electron chi connectivity index (χ2n) is 5.84. The summed E-state index contributed by atoms with van der Waals surface area (Å²) < 4.78 is 32.2. The number of aromatic amines is 1. The maximum Gasteiger partial charge on any atom is 0.341 e. The van der Waals surface area contributed by atoms with Gasteiger partial charge in [-0.3, -0.25) is 4.79 Å². The number of hydrogen-bond acceptors (Lipinski definition) is 5. The van der Waals surface area contributed by atoms with E-state index in [0.29, 0.717) is 24.2 Å². The third-order valence-electron chi connectivity index (χ3n) is 4.13. The minimum absolute atomic E-state index is 0.00759. The fraction of sp³-hybridized carbons (Fsp3) is 0.600. The smallest absolute Gasteiger partial charge is 0.341 e. The zero-order valence-electron chi connectivity index (χ0n) is 14.0. The molecule has 0 aliphatic carbocycles. The van der Waals surface area contributed by atoms with Gasteiger partial charge in [0.25, 0.3) is 0 Å². The number of rotatable bonds is 5. The number of sulfonamides is 1. The molecule has 9 heteroatoms. The number of esters is 1. The summed E-state index contributed by atoms with van der Waals surface area (Å²) in [6.07, 6.45) is 0.907. The molecule has 1 fully saturated rings. The number of carbonyl (C=O) groups excluding carboxylic acids is 1. The maximum absolute atomic E-state index is 13.0. The van der Waals surface area contributed by atoms with E-state index in [0.717, 1.165) is 4.31 Å². The van der Waals surface area contributed by atoms with E-state index in [2.05, 4.69) is 4.98 Å². The normalized spacial score (nSPS) is 19.2. The molecule has 1 aromatic rings. The van der Waals surface area contributed by atoms with Crippen LogP contribution >= 0.6 is 0 Å². The summed E-state index contributed by atoms with van der Waals surface area (Å²) in [5.74, 6) is -2.45. The molecular formula is C15H22N2O6S. The molecule has 0 bridgehead atoms. The molecule has 1 aliphatic rings. The van der Waals surface area contributed by atoms with Crippen LogP contribution in [0.1, 0.15) is 41.5 Å². The van der Waals surface area contributed by atoms with Crippen molar-refractivity contribution in [3.05, 3.63) is 17.0 Å². The van der Waals surface area contributed by atoms with Crippen molar-refractivity contribution in [2.24, 2.45) is 5.92 Å². The first-order valence-electron chi connectivity index (χ1n) is 7.79. The lowest BCUT2D eigenvalue weighted by molar-refractivity contribution is -0.142. The van der Waals surface area contributed by atoms with Crippen LogP contribution in [0.2, 0.25) is 0 Å². The Morgan fingerprint density at radius 3 is 2.58 bits per heavy atom. The van der Waals surface area contributed by atoms with Crippen LogP contribution in [-0.4, -0.2) is 54.4 Å². The largest absolute Gasteiger partial charge is 0.481 e. The molecule has 2 rings (SSSR count). The number of carboxylic acids is 1. The number of piperidine rings is 1. The van der Waals surface area contributed by atoms with Crippen LogP contribution < -0.4 is 0 Å². The van der Waals surface area contributed by atoms with E-state index in [-0.39, 0.29) is 30.2 Å². The fourth-order valence-corrected chi connectivity index (χ4v) is 4.96. The molecule has 1 aromatic heterocycles. The van der Waals surface area contributed by atoms with Crippen molar-refractivity contribution in [2.75, 3.05) is 19.7 Å². The number of aryl methyl sites for hydroxylation is 2. The van der Waals surface area contributed by atoms with Crippen LogP contribution in [0.3, 0.4) is 0 Å². The van der Waals surface area contributed by atoms with E-state index < -0.39 is 27.9 Å². The molecule has 0 aromatic carbocycles. The van der Waals surface area contributed by atoms with Gasteiger partial charge in [0.1, 0.15) is 10.5 Å². The van der Waals surface area contributed by atoms with Gasteiger partial charge in [0.05, 0.1) is 12.5 Å². The van der Waals surface area contributed by atoms with Gasteiger partial charge in [-0.2, -0.15) is 4.31 Å². The number of carbonyl (C=O) groups is 2. The van der Waals surface area contributed by atoms with E-state index in [9.17, 15) is 18.0 Å². The first kappa shape index (κ1) is 18.5. The molecule has 0 amide bonds. The van der Waals surface area contributed by atoms with Gasteiger partial charge in [0.2, 0.25) is 10.0 Å². The van der Waals surface area contributed by atoms with Crippen molar-refractivity contribution < 1.29 is 27.9 Å². The number of aromatic nitrogens is 1. The average Bonchev–Trinajstić information content (AvgIpc) is 2.82. The molecule has 134 valence electrons. The van der Waals surface area contributed by atoms with Crippen molar-refractivity contribution in [1.82, 2.24) is 9.29 Å². The zero-order chi connectivity index (χ0) is 18.1. The Morgan fingerprint density at radius 1 is 1.33 bits per heavy atom. The quantitative estimate of drug-likeness (QED) is 0.766. The van der Waals surface area contributed by atoms with Crippen molar-refractivity contribution in [3.63, 3.8) is 0 Å². The zero-order valence-corrected chi connectivity index (χ0v) is 14.8. The van der Waals surface area contributed by atoms with Crippen LogP contribution in [0.5, 0.6) is 0 Å². The number of nitrogens with one attached hydrogen (secondary N) is 1. The van der Waals surface area contributed by atoms with Gasteiger partial charge in [-0.25, -0.2) is 13.2 Å². The van der Waals surface area contributed by atoms with Crippen molar-refractivity contribution in [2.45, 2.75) is 38.5 Å². The Labute approximate surface area is 140 Å². The number of carboxylic acid groups (broad SMARTS) is 1. The van der Waals surface area contributed by atoms with Crippen LogP contribution in [0, 0.1) is 19.8 Å². The molecule has 2 N–H and O–H groups in total. The van der Waals surface area contributed by atoms with Crippen LogP contribution in [0.25, 0.3) is 0 Å². The monoisotopic (exact) mass is 358 g/mol. The van der Waals surface area contributed by atoms with Gasteiger partial charge >= 0.3 is 11.9 Å². The van der Waals surface area contributed by atoms with Gasteiger partial charge in [-0.05, 0) is 33.6 Å². The van der Waals surface area contributed by atoms with E-state index in [1.54, 1.807) is 20.8 Å². The van der Waals surface area contributed by atoms with Crippen molar-refractivity contribution >= 4 is 22.0 Å². The molecule has 0 spiro atoms. The standard InChI is InChI=1S/C15H22N2O6S/c1-4-23-15(20)12-9(2)16-10(3)13(12)24(21,22)17-7-5-6-11(8-17)14(18)19/h11,16H,4-8H2,1-3H3,(H,18,19)/t11-/m0/s1. The van der Waals surface area contributed by atoms with Crippen LogP contribution in [0.15, 0.2) is 4.90 Å². The molecule has 2 heterocycles. The lowest BCUT2D eigenvalue weighted by Crippen LogP contribution is -2.42. The Balaban J connectivity index is 2.46. The maximum atomic E-state index is 13.0. The minimum Gasteiger partial charge on any atom is -0.481 e. The minimum atomic E-state index is -3.99. The van der Waals surface area contributed by atoms with E-state index >= 15 is 0 Å². The topological polar surface area (TPSA) is 117 Å². The summed E-state index contributed by atoms with van der Waals surface area (Å²) >= 11 is 0. The third-order valence-corrected chi connectivity index (χ3v) is 6.17. The summed E-state index contributed by atoms with van der Waals surface area (Å²) in [5, 5.41) is 9.16. The number of aliphatic carboxylic acids is 1. The molecular weight excluding hydrogens is 336 g/mol. The predicted octanol–water partition coefficient (Wildman–Crippen LogP) is 1.29. The summed E-state index contributed by atoms with van der Waals surface area (Å²) in [6, 6.07) is 0. The number of nitrogens with zero attached hydrogens (tertiary/aromatic N) is 1. The number of ether oxygens (including phenoxy) is 1. The Morgan fingerprint density at radius 2 is 2.00 bits per heavy atom. The highest BCUT2D eigenvalue weighted by atomic mass is 32.2. The molecule has 0 radical (unpaired) electrons. The summed E-state index contributed by atoms with van der Waals surface area (Å²) in [4.78, 5) is 26.1.